The van der Waals surface area contributed by atoms with Crippen LogP contribution in [-0.4, -0.2) is 66.4 Å². The lowest BCUT2D eigenvalue weighted by Crippen LogP contribution is -2.54. The third-order valence-corrected chi connectivity index (χ3v) is 6.33. The molecule has 11 nitrogen and oxygen atoms in total. The number of hydrogen-bond acceptors (Lipinski definition) is 7. The summed E-state index contributed by atoms with van der Waals surface area (Å²) in [6, 6.07) is 4.26. The molecule has 2 aliphatic rings. The van der Waals surface area contributed by atoms with Crippen LogP contribution in [0.3, 0.4) is 0 Å². The Bertz CT molecular complexity index is 1100. The molecule has 188 valence electrons. The Hall–Kier alpha value is -3.60. The zero-order chi connectivity index (χ0) is 25.1. The predicted octanol–water partition coefficient (Wildman–Crippen LogP) is 2.84. The zero-order valence-electron chi connectivity index (χ0n) is 20.3. The molecule has 2 aromatic rings. The highest BCUT2D eigenvalue weighted by Gasteiger charge is 2.39. The van der Waals surface area contributed by atoms with Crippen LogP contribution in [0.2, 0.25) is 0 Å². The lowest BCUT2D eigenvalue weighted by atomic mass is 9.94. The fourth-order valence-electron chi connectivity index (χ4n) is 4.52. The van der Waals surface area contributed by atoms with Gasteiger partial charge in [-0.3, -0.25) is 9.59 Å². The molecule has 1 aromatic carbocycles. The summed E-state index contributed by atoms with van der Waals surface area (Å²) in [6.45, 7) is 6.14. The maximum Gasteiger partial charge on any atom is 0.323 e. The van der Waals surface area contributed by atoms with Crippen LogP contribution < -0.4 is 20.7 Å². The van der Waals surface area contributed by atoms with Crippen LogP contribution in [0.4, 0.5) is 16.2 Å². The Morgan fingerprint density at radius 1 is 1.20 bits per heavy atom. The first-order valence-electron chi connectivity index (χ1n) is 11.7. The van der Waals surface area contributed by atoms with E-state index in [0.717, 1.165) is 0 Å². The molecule has 3 N–H and O–H groups in total. The second-order valence-electron chi connectivity index (χ2n) is 8.82. The number of fused-ring (bicyclic) bond motifs is 2. The van der Waals surface area contributed by atoms with E-state index in [2.05, 4.69) is 21.1 Å². The van der Waals surface area contributed by atoms with Crippen LogP contribution in [0.15, 0.2) is 22.7 Å². The monoisotopic (exact) mass is 485 g/mol. The lowest BCUT2D eigenvalue weighted by molar-refractivity contribution is -0.133. The number of aromatic nitrogens is 1. The predicted molar refractivity (Wildman–Crippen MR) is 128 cm³/mol. The first-order chi connectivity index (χ1) is 16.8. The lowest BCUT2D eigenvalue weighted by Gasteiger charge is -2.42. The van der Waals surface area contributed by atoms with Gasteiger partial charge in [-0.15, -0.1) is 0 Å². The minimum atomic E-state index is -0.481. The van der Waals surface area contributed by atoms with Crippen LogP contribution in [0.25, 0.3) is 0 Å². The Balaban J connectivity index is 1.46. The maximum atomic E-state index is 13.3. The van der Waals surface area contributed by atoms with Crippen molar-refractivity contribution in [2.75, 3.05) is 30.8 Å². The number of nitrogens with zero attached hydrogens (tertiary/aromatic N) is 2. The Morgan fingerprint density at radius 2 is 2.00 bits per heavy atom. The molecule has 35 heavy (non-hydrogen) atoms. The summed E-state index contributed by atoms with van der Waals surface area (Å²) in [4.78, 5) is 39.5. The van der Waals surface area contributed by atoms with E-state index in [9.17, 15) is 14.4 Å². The normalized spacial score (nSPS) is 21.7. The molecule has 0 unspecified atom stereocenters. The number of benzene rings is 1. The molecular formula is C24H31N5O6. The minimum Gasteiger partial charge on any atom is -0.490 e. The van der Waals surface area contributed by atoms with Crippen molar-refractivity contribution < 1.29 is 28.4 Å². The summed E-state index contributed by atoms with van der Waals surface area (Å²) in [7, 11) is 1.74. The third kappa shape index (κ3) is 5.40. The Kier molecular flexibility index (Phi) is 7.25. The molecular weight excluding hydrogens is 454 g/mol. The van der Waals surface area contributed by atoms with Crippen LogP contribution in [0.1, 0.15) is 48.0 Å². The number of hydrogen-bond donors (Lipinski definition) is 3. The van der Waals surface area contributed by atoms with Crippen molar-refractivity contribution >= 4 is 29.2 Å². The van der Waals surface area contributed by atoms with Gasteiger partial charge in [-0.1, -0.05) is 5.16 Å². The van der Waals surface area contributed by atoms with E-state index in [0.29, 0.717) is 53.5 Å². The van der Waals surface area contributed by atoms with Gasteiger partial charge < -0.3 is 34.8 Å². The average molecular weight is 486 g/mol. The van der Waals surface area contributed by atoms with Crippen molar-refractivity contribution in [1.82, 2.24) is 15.4 Å². The summed E-state index contributed by atoms with van der Waals surface area (Å²) in [5, 5.41) is 12.1. The van der Waals surface area contributed by atoms with Crippen LogP contribution in [0, 0.1) is 13.8 Å². The second-order valence-corrected chi connectivity index (χ2v) is 8.82. The van der Waals surface area contributed by atoms with Gasteiger partial charge in [0.15, 0.2) is 5.76 Å². The van der Waals surface area contributed by atoms with E-state index >= 15 is 0 Å². The largest absolute Gasteiger partial charge is 0.490 e. The maximum absolute atomic E-state index is 13.3. The first-order valence-corrected chi connectivity index (χ1v) is 11.7. The highest BCUT2D eigenvalue weighted by atomic mass is 16.5. The highest BCUT2D eigenvalue weighted by molar-refractivity contribution is 6.03. The van der Waals surface area contributed by atoms with Gasteiger partial charge in [-0.05, 0) is 51.8 Å². The van der Waals surface area contributed by atoms with Gasteiger partial charge in [0.2, 0.25) is 5.91 Å². The number of nitrogens with one attached hydrogen (secondary N) is 3. The number of amides is 4. The first kappa shape index (κ1) is 24.5. The zero-order valence-corrected chi connectivity index (χ0v) is 20.3. The fraction of sp³-hybridized carbons (Fsp3) is 0.500. The molecule has 1 saturated heterocycles. The number of likely N-dealkylation sites (N-methyl/N-ethyl adjacent to an activating group) is 1. The van der Waals surface area contributed by atoms with Crippen molar-refractivity contribution in [2.24, 2.45) is 0 Å². The summed E-state index contributed by atoms with van der Waals surface area (Å²) in [6.07, 6.45) is 1.11. The molecule has 3 heterocycles. The number of ether oxygens (including phenoxy) is 2. The molecule has 2 aliphatic heterocycles. The van der Waals surface area contributed by atoms with Gasteiger partial charge >= 0.3 is 6.03 Å². The SMILES string of the molecule is CCNC(=O)C[C@H]1CC[C@@H]2[C@@H](COc3ccc(NC(=O)Nc4c(C)noc4C)cc3C(=O)N2C)O1. The standard InChI is InChI=1S/C24H31N5O6/c1-5-25-21(30)11-16-7-8-18-20(34-16)12-33-19-9-6-15(10-17(19)23(31)29(18)4)26-24(32)27-22-13(2)28-35-14(22)3/h6,9-10,16,18,20H,5,7-8,11-12H2,1-4H3,(H,25,30)(H2,26,27,32)/t16-,18-,20-/m1/s1. The Morgan fingerprint density at radius 3 is 2.71 bits per heavy atom. The molecule has 4 rings (SSSR count). The van der Waals surface area contributed by atoms with Crippen molar-refractivity contribution in [3.63, 3.8) is 0 Å². The number of carbonyl (C=O) groups excluding carboxylic acids is 3. The molecule has 1 fully saturated rings. The topological polar surface area (TPSA) is 135 Å². The van der Waals surface area contributed by atoms with E-state index < -0.39 is 6.03 Å². The van der Waals surface area contributed by atoms with Crippen molar-refractivity contribution in [3.8, 4) is 5.75 Å². The third-order valence-electron chi connectivity index (χ3n) is 6.33. The smallest absolute Gasteiger partial charge is 0.323 e. The summed E-state index contributed by atoms with van der Waals surface area (Å²) >= 11 is 0. The summed E-state index contributed by atoms with van der Waals surface area (Å²) in [5.41, 5.74) is 1.86. The molecule has 11 heteroatoms. The Labute approximate surface area is 203 Å². The van der Waals surface area contributed by atoms with E-state index in [1.807, 2.05) is 6.92 Å². The molecule has 4 amide bonds. The van der Waals surface area contributed by atoms with Crippen molar-refractivity contribution in [3.05, 3.63) is 35.2 Å². The van der Waals surface area contributed by atoms with E-state index in [1.165, 1.54) is 0 Å². The number of carbonyl (C=O) groups is 3. The van der Waals surface area contributed by atoms with Gasteiger partial charge in [0.1, 0.15) is 29.8 Å². The van der Waals surface area contributed by atoms with Crippen LogP contribution >= 0.6 is 0 Å². The highest BCUT2D eigenvalue weighted by Crippen LogP contribution is 2.32. The second kappa shape index (κ2) is 10.3. The summed E-state index contributed by atoms with van der Waals surface area (Å²) in [5.74, 6) is 0.635. The van der Waals surface area contributed by atoms with Crippen molar-refractivity contribution in [2.45, 2.75) is 58.3 Å². The molecule has 1 aromatic heterocycles. The van der Waals surface area contributed by atoms with Crippen LogP contribution in [-0.2, 0) is 9.53 Å². The van der Waals surface area contributed by atoms with Gasteiger partial charge in [0.05, 0.1) is 24.1 Å². The molecule has 3 atom stereocenters. The fourth-order valence-corrected chi connectivity index (χ4v) is 4.52. The average Bonchev–Trinajstić information content (AvgIpc) is 3.14. The number of anilines is 2. The quantitative estimate of drug-likeness (QED) is 0.593. The number of aryl methyl sites for hydroxylation is 2. The van der Waals surface area contributed by atoms with Gasteiger partial charge in [0, 0.05) is 19.3 Å². The van der Waals surface area contributed by atoms with E-state index in [1.54, 1.807) is 44.0 Å². The van der Waals surface area contributed by atoms with Gasteiger partial charge in [-0.2, -0.15) is 0 Å². The number of rotatable bonds is 5. The van der Waals surface area contributed by atoms with E-state index in [-0.39, 0.29) is 43.1 Å². The van der Waals surface area contributed by atoms with Crippen LogP contribution in [0.5, 0.6) is 5.75 Å². The molecule has 0 saturated carbocycles. The van der Waals surface area contributed by atoms with Crippen molar-refractivity contribution in [1.29, 1.82) is 0 Å². The van der Waals surface area contributed by atoms with Gasteiger partial charge in [0.25, 0.3) is 5.91 Å². The minimum absolute atomic E-state index is 0.0455. The number of urea groups is 1. The molecule has 0 bridgehead atoms. The van der Waals surface area contributed by atoms with Gasteiger partial charge in [-0.25, -0.2) is 4.79 Å². The molecule has 0 aliphatic carbocycles. The molecule has 0 spiro atoms. The van der Waals surface area contributed by atoms with E-state index in [4.69, 9.17) is 14.0 Å². The molecule has 0 radical (unpaired) electrons. The summed E-state index contributed by atoms with van der Waals surface area (Å²) < 4.78 is 17.2.